The molecular formula is C15H14BrF2NO2. The van der Waals surface area contributed by atoms with E-state index in [-0.39, 0.29) is 5.75 Å². The minimum absolute atomic E-state index is 0.141. The highest BCUT2D eigenvalue weighted by Crippen LogP contribution is 2.26. The molecule has 0 fully saturated rings. The van der Waals surface area contributed by atoms with Crippen LogP contribution in [0.3, 0.4) is 0 Å². The Morgan fingerprint density at radius 1 is 1.14 bits per heavy atom. The average molecular weight is 358 g/mol. The molecule has 0 atom stereocenters. The van der Waals surface area contributed by atoms with Gasteiger partial charge >= 0.3 is 6.61 Å². The SMILES string of the molecule is COc1ccc(CNc2ccc(OC(F)F)cc2)cc1Br. The minimum atomic E-state index is -2.81. The van der Waals surface area contributed by atoms with E-state index in [1.165, 1.54) is 12.1 Å². The maximum atomic E-state index is 12.0. The standard InChI is InChI=1S/C15H14BrF2NO2/c1-20-14-7-2-10(8-13(14)16)9-19-11-3-5-12(6-4-11)21-15(17)18/h2-8,15,19H,9H2,1H3. The Morgan fingerprint density at radius 3 is 2.43 bits per heavy atom. The van der Waals surface area contributed by atoms with Gasteiger partial charge in [0, 0.05) is 12.2 Å². The second-order valence-electron chi connectivity index (χ2n) is 4.23. The van der Waals surface area contributed by atoms with E-state index in [0.717, 1.165) is 21.5 Å². The Kier molecular flexibility index (Phi) is 5.38. The Morgan fingerprint density at radius 2 is 1.86 bits per heavy atom. The fourth-order valence-electron chi connectivity index (χ4n) is 1.78. The van der Waals surface area contributed by atoms with Gasteiger partial charge in [-0.25, -0.2) is 0 Å². The summed E-state index contributed by atoms with van der Waals surface area (Å²) in [5.41, 5.74) is 1.89. The first-order valence-electron chi connectivity index (χ1n) is 6.19. The van der Waals surface area contributed by atoms with Gasteiger partial charge < -0.3 is 14.8 Å². The maximum absolute atomic E-state index is 12.0. The monoisotopic (exact) mass is 357 g/mol. The molecule has 0 radical (unpaired) electrons. The molecule has 2 rings (SSSR count). The van der Waals surface area contributed by atoms with Crippen LogP contribution in [0.4, 0.5) is 14.5 Å². The molecule has 0 aliphatic heterocycles. The van der Waals surface area contributed by atoms with Crippen LogP contribution in [0.15, 0.2) is 46.9 Å². The van der Waals surface area contributed by atoms with Crippen molar-refractivity contribution in [2.45, 2.75) is 13.2 Å². The minimum Gasteiger partial charge on any atom is -0.496 e. The van der Waals surface area contributed by atoms with Crippen LogP contribution in [-0.4, -0.2) is 13.7 Å². The Hall–Kier alpha value is -1.82. The van der Waals surface area contributed by atoms with Crippen molar-refractivity contribution >= 4 is 21.6 Å². The predicted octanol–water partition coefficient (Wildman–Crippen LogP) is 4.67. The van der Waals surface area contributed by atoms with Crippen LogP contribution in [0.1, 0.15) is 5.56 Å². The van der Waals surface area contributed by atoms with E-state index < -0.39 is 6.61 Å². The van der Waals surface area contributed by atoms with E-state index in [2.05, 4.69) is 26.0 Å². The number of hydrogen-bond donors (Lipinski definition) is 1. The maximum Gasteiger partial charge on any atom is 0.387 e. The number of nitrogens with one attached hydrogen (secondary N) is 1. The molecule has 0 aliphatic rings. The van der Waals surface area contributed by atoms with Gasteiger partial charge in [-0.2, -0.15) is 8.78 Å². The summed E-state index contributed by atoms with van der Waals surface area (Å²) < 4.78 is 34.4. The number of hydrogen-bond acceptors (Lipinski definition) is 3. The van der Waals surface area contributed by atoms with Crippen molar-refractivity contribution in [1.29, 1.82) is 0 Å². The number of alkyl halides is 2. The van der Waals surface area contributed by atoms with Crippen LogP contribution in [0.25, 0.3) is 0 Å². The zero-order valence-corrected chi connectivity index (χ0v) is 12.9. The van der Waals surface area contributed by atoms with E-state index in [9.17, 15) is 8.78 Å². The van der Waals surface area contributed by atoms with E-state index in [4.69, 9.17) is 4.74 Å². The van der Waals surface area contributed by atoms with Gasteiger partial charge in [0.05, 0.1) is 11.6 Å². The summed E-state index contributed by atoms with van der Waals surface area (Å²) in [4.78, 5) is 0. The molecule has 1 N–H and O–H groups in total. The van der Waals surface area contributed by atoms with Crippen molar-refractivity contribution in [2.24, 2.45) is 0 Å². The first-order chi connectivity index (χ1) is 10.1. The van der Waals surface area contributed by atoms with Gasteiger partial charge in [0.1, 0.15) is 11.5 Å². The number of ether oxygens (including phenoxy) is 2. The first kappa shape index (κ1) is 15.6. The lowest BCUT2D eigenvalue weighted by Gasteiger charge is -2.10. The Bertz CT molecular complexity index is 591. The first-order valence-corrected chi connectivity index (χ1v) is 6.99. The zero-order chi connectivity index (χ0) is 15.2. The Balaban J connectivity index is 1.95. The third kappa shape index (κ3) is 4.60. The summed E-state index contributed by atoms with van der Waals surface area (Å²) >= 11 is 3.43. The summed E-state index contributed by atoms with van der Waals surface area (Å²) in [7, 11) is 1.61. The van der Waals surface area contributed by atoms with Crippen LogP contribution >= 0.6 is 15.9 Å². The normalized spacial score (nSPS) is 10.5. The third-order valence-electron chi connectivity index (χ3n) is 2.79. The van der Waals surface area contributed by atoms with Crippen LogP contribution in [0, 0.1) is 0 Å². The summed E-state index contributed by atoms with van der Waals surface area (Å²) in [5, 5.41) is 3.20. The van der Waals surface area contributed by atoms with Crippen LogP contribution < -0.4 is 14.8 Å². The van der Waals surface area contributed by atoms with Crippen molar-refractivity contribution in [3.8, 4) is 11.5 Å². The molecule has 0 amide bonds. The van der Waals surface area contributed by atoms with E-state index in [1.807, 2.05) is 18.2 Å². The van der Waals surface area contributed by atoms with Gasteiger partial charge in [-0.1, -0.05) is 6.07 Å². The summed E-state index contributed by atoms with van der Waals surface area (Å²) in [6.45, 7) is -2.20. The number of halogens is 3. The van der Waals surface area contributed by atoms with E-state index in [1.54, 1.807) is 19.2 Å². The number of anilines is 1. The van der Waals surface area contributed by atoms with Gasteiger partial charge in [0.25, 0.3) is 0 Å². The molecule has 21 heavy (non-hydrogen) atoms. The fraction of sp³-hybridized carbons (Fsp3) is 0.200. The van der Waals surface area contributed by atoms with Gasteiger partial charge in [0.2, 0.25) is 0 Å². The lowest BCUT2D eigenvalue weighted by Crippen LogP contribution is -2.02. The number of rotatable bonds is 6. The average Bonchev–Trinajstić information content (AvgIpc) is 2.46. The molecule has 0 saturated carbocycles. The zero-order valence-electron chi connectivity index (χ0n) is 11.3. The summed E-state index contributed by atoms with van der Waals surface area (Å²) in [5.74, 6) is 0.912. The van der Waals surface area contributed by atoms with Crippen LogP contribution in [-0.2, 0) is 6.54 Å². The molecule has 0 saturated heterocycles. The second-order valence-corrected chi connectivity index (χ2v) is 5.08. The van der Waals surface area contributed by atoms with Crippen molar-refractivity contribution in [2.75, 3.05) is 12.4 Å². The predicted molar refractivity (Wildman–Crippen MR) is 81.1 cm³/mol. The van der Waals surface area contributed by atoms with E-state index >= 15 is 0 Å². The molecule has 0 bridgehead atoms. The lowest BCUT2D eigenvalue weighted by molar-refractivity contribution is -0.0498. The molecule has 0 aliphatic carbocycles. The number of methoxy groups -OCH3 is 1. The van der Waals surface area contributed by atoms with Crippen molar-refractivity contribution < 1.29 is 18.3 Å². The van der Waals surface area contributed by atoms with Crippen LogP contribution in [0.5, 0.6) is 11.5 Å². The summed E-state index contributed by atoms with van der Waals surface area (Å²) in [6, 6.07) is 12.2. The highest BCUT2D eigenvalue weighted by molar-refractivity contribution is 9.10. The molecule has 2 aromatic carbocycles. The fourth-order valence-corrected chi connectivity index (χ4v) is 2.37. The summed E-state index contributed by atoms with van der Waals surface area (Å²) in [6.07, 6.45) is 0. The quantitative estimate of drug-likeness (QED) is 0.814. The topological polar surface area (TPSA) is 30.5 Å². The molecule has 3 nitrogen and oxygen atoms in total. The second kappa shape index (κ2) is 7.26. The van der Waals surface area contributed by atoms with Crippen molar-refractivity contribution in [3.05, 3.63) is 52.5 Å². The van der Waals surface area contributed by atoms with Crippen LogP contribution in [0.2, 0.25) is 0 Å². The lowest BCUT2D eigenvalue weighted by atomic mass is 10.2. The molecule has 0 aromatic heterocycles. The highest BCUT2D eigenvalue weighted by Gasteiger charge is 2.04. The van der Waals surface area contributed by atoms with Gasteiger partial charge in [-0.3, -0.25) is 0 Å². The highest BCUT2D eigenvalue weighted by atomic mass is 79.9. The molecule has 0 heterocycles. The van der Waals surface area contributed by atoms with E-state index in [0.29, 0.717) is 6.54 Å². The molecule has 2 aromatic rings. The van der Waals surface area contributed by atoms with Gasteiger partial charge in [-0.05, 0) is 57.9 Å². The van der Waals surface area contributed by atoms with Crippen molar-refractivity contribution in [3.63, 3.8) is 0 Å². The number of benzene rings is 2. The van der Waals surface area contributed by atoms with Gasteiger partial charge in [-0.15, -0.1) is 0 Å². The smallest absolute Gasteiger partial charge is 0.387 e. The molecular weight excluding hydrogens is 344 g/mol. The molecule has 6 heteroatoms. The molecule has 0 unspecified atom stereocenters. The van der Waals surface area contributed by atoms with Gasteiger partial charge in [0.15, 0.2) is 0 Å². The third-order valence-corrected chi connectivity index (χ3v) is 3.41. The van der Waals surface area contributed by atoms with Crippen molar-refractivity contribution in [1.82, 2.24) is 0 Å². The Labute approximate surface area is 130 Å². The molecule has 112 valence electrons. The largest absolute Gasteiger partial charge is 0.496 e. The molecule has 0 spiro atoms.